The standard InChI is InChI=1S/C15H21N3O4/c1-15(6-8-16-9-7-15)11-17-14(19)10-22-13-4-2-12(3-5-13)18(20)21/h2-5,16H,6-11H2,1H3,(H,17,19). The Labute approximate surface area is 129 Å². The summed E-state index contributed by atoms with van der Waals surface area (Å²) >= 11 is 0. The van der Waals surface area contributed by atoms with Gasteiger partial charge >= 0.3 is 0 Å². The third-order valence-corrected chi connectivity index (χ3v) is 3.94. The Balaban J connectivity index is 1.74. The minimum absolute atomic E-state index is 0.00404. The molecule has 1 fully saturated rings. The van der Waals surface area contributed by atoms with Gasteiger partial charge in [0.15, 0.2) is 6.61 Å². The van der Waals surface area contributed by atoms with Crippen LogP contribution in [0, 0.1) is 15.5 Å². The van der Waals surface area contributed by atoms with Crippen molar-refractivity contribution in [3.8, 4) is 5.75 Å². The molecule has 0 saturated carbocycles. The zero-order chi connectivity index (χ0) is 16.0. The molecule has 1 saturated heterocycles. The highest BCUT2D eigenvalue weighted by atomic mass is 16.6. The number of nitro groups is 1. The Morgan fingerprint density at radius 1 is 1.36 bits per heavy atom. The van der Waals surface area contributed by atoms with Gasteiger partial charge in [0.05, 0.1) is 4.92 Å². The summed E-state index contributed by atoms with van der Waals surface area (Å²) in [4.78, 5) is 21.9. The molecular formula is C15H21N3O4. The first-order chi connectivity index (χ1) is 10.5. The van der Waals surface area contributed by atoms with E-state index in [0.29, 0.717) is 12.3 Å². The second-order valence-corrected chi connectivity index (χ2v) is 5.88. The molecule has 7 heteroatoms. The monoisotopic (exact) mass is 307 g/mol. The first-order valence-electron chi connectivity index (χ1n) is 7.33. The lowest BCUT2D eigenvalue weighted by Crippen LogP contribution is -2.43. The summed E-state index contributed by atoms with van der Waals surface area (Å²) in [5.41, 5.74) is 0.129. The van der Waals surface area contributed by atoms with E-state index in [4.69, 9.17) is 4.74 Å². The van der Waals surface area contributed by atoms with E-state index in [2.05, 4.69) is 17.6 Å². The summed E-state index contributed by atoms with van der Waals surface area (Å²) in [6, 6.07) is 5.67. The van der Waals surface area contributed by atoms with Gasteiger partial charge in [0.25, 0.3) is 11.6 Å². The van der Waals surface area contributed by atoms with Gasteiger partial charge in [-0.15, -0.1) is 0 Å². The highest BCUT2D eigenvalue weighted by molar-refractivity contribution is 5.77. The van der Waals surface area contributed by atoms with Crippen molar-refractivity contribution in [2.24, 2.45) is 5.41 Å². The number of hydrogen-bond donors (Lipinski definition) is 2. The molecule has 2 rings (SSSR count). The fourth-order valence-corrected chi connectivity index (χ4v) is 2.38. The minimum Gasteiger partial charge on any atom is -0.484 e. The van der Waals surface area contributed by atoms with Gasteiger partial charge in [-0.3, -0.25) is 14.9 Å². The zero-order valence-corrected chi connectivity index (χ0v) is 12.6. The molecule has 22 heavy (non-hydrogen) atoms. The number of amides is 1. The minimum atomic E-state index is -0.476. The van der Waals surface area contributed by atoms with Crippen molar-refractivity contribution in [1.82, 2.24) is 10.6 Å². The summed E-state index contributed by atoms with van der Waals surface area (Å²) in [7, 11) is 0. The molecule has 0 bridgehead atoms. The van der Waals surface area contributed by atoms with Gasteiger partial charge in [0.1, 0.15) is 5.75 Å². The van der Waals surface area contributed by atoms with E-state index in [1.807, 2.05) is 0 Å². The van der Waals surface area contributed by atoms with Crippen LogP contribution in [0.4, 0.5) is 5.69 Å². The lowest BCUT2D eigenvalue weighted by molar-refractivity contribution is -0.384. The van der Waals surface area contributed by atoms with Crippen LogP contribution in [0.3, 0.4) is 0 Å². The number of carbonyl (C=O) groups excluding carboxylic acids is 1. The molecule has 7 nitrogen and oxygen atoms in total. The van der Waals surface area contributed by atoms with Crippen LogP contribution in [0.2, 0.25) is 0 Å². The molecule has 0 atom stereocenters. The predicted molar refractivity (Wildman–Crippen MR) is 81.8 cm³/mol. The first-order valence-corrected chi connectivity index (χ1v) is 7.33. The molecule has 1 aromatic rings. The number of nitro benzene ring substituents is 1. The maximum Gasteiger partial charge on any atom is 0.269 e. The number of nitrogens with one attached hydrogen (secondary N) is 2. The normalized spacial score (nSPS) is 16.8. The molecule has 0 aromatic heterocycles. The van der Waals surface area contributed by atoms with E-state index in [-0.39, 0.29) is 23.6 Å². The van der Waals surface area contributed by atoms with E-state index >= 15 is 0 Å². The Hall–Kier alpha value is -2.15. The SMILES string of the molecule is CC1(CNC(=O)COc2ccc([N+](=O)[O-])cc2)CCNCC1. The average Bonchev–Trinajstić information content (AvgIpc) is 2.52. The van der Waals surface area contributed by atoms with Crippen LogP contribution in [0.15, 0.2) is 24.3 Å². The van der Waals surface area contributed by atoms with E-state index in [1.54, 1.807) is 0 Å². The zero-order valence-electron chi connectivity index (χ0n) is 12.6. The molecule has 120 valence electrons. The van der Waals surface area contributed by atoms with Gasteiger partial charge in [0, 0.05) is 18.7 Å². The number of hydrogen-bond acceptors (Lipinski definition) is 5. The summed E-state index contributed by atoms with van der Waals surface area (Å²) in [6.45, 7) is 4.67. The molecule has 1 heterocycles. The third-order valence-electron chi connectivity index (χ3n) is 3.94. The fraction of sp³-hybridized carbons (Fsp3) is 0.533. The van der Waals surface area contributed by atoms with Crippen molar-refractivity contribution in [3.05, 3.63) is 34.4 Å². The van der Waals surface area contributed by atoms with Gasteiger partial charge in [-0.1, -0.05) is 6.92 Å². The van der Waals surface area contributed by atoms with Crippen LogP contribution < -0.4 is 15.4 Å². The topological polar surface area (TPSA) is 93.5 Å². The third kappa shape index (κ3) is 4.70. The Morgan fingerprint density at radius 2 is 2.00 bits per heavy atom. The molecular weight excluding hydrogens is 286 g/mol. The summed E-state index contributed by atoms with van der Waals surface area (Å²) < 4.78 is 5.33. The van der Waals surface area contributed by atoms with E-state index < -0.39 is 4.92 Å². The maximum atomic E-state index is 11.8. The Morgan fingerprint density at radius 3 is 2.59 bits per heavy atom. The smallest absolute Gasteiger partial charge is 0.269 e. The largest absolute Gasteiger partial charge is 0.484 e. The molecule has 1 aliphatic rings. The molecule has 2 N–H and O–H groups in total. The summed E-state index contributed by atoms with van der Waals surface area (Å²) in [5.74, 6) is 0.256. The predicted octanol–water partition coefficient (Wildman–Crippen LogP) is 1.48. The van der Waals surface area contributed by atoms with Gasteiger partial charge in [-0.05, 0) is 43.5 Å². The van der Waals surface area contributed by atoms with Crippen LogP contribution in [-0.2, 0) is 4.79 Å². The second kappa shape index (κ2) is 7.22. The van der Waals surface area contributed by atoms with Gasteiger partial charge in [0.2, 0.25) is 0 Å². The number of benzene rings is 1. The number of nitrogens with zero attached hydrogens (tertiary/aromatic N) is 1. The molecule has 1 aliphatic heterocycles. The van der Waals surface area contributed by atoms with E-state index in [9.17, 15) is 14.9 Å². The van der Waals surface area contributed by atoms with Crippen molar-refractivity contribution in [2.45, 2.75) is 19.8 Å². The molecule has 1 amide bonds. The Kier molecular flexibility index (Phi) is 5.32. The van der Waals surface area contributed by atoms with Crippen molar-refractivity contribution in [1.29, 1.82) is 0 Å². The number of non-ortho nitro benzene ring substituents is 1. The fourth-order valence-electron chi connectivity index (χ4n) is 2.38. The lowest BCUT2D eigenvalue weighted by atomic mass is 9.81. The molecule has 1 aromatic carbocycles. The number of rotatable bonds is 6. The summed E-state index contributed by atoms with van der Waals surface area (Å²) in [5, 5.41) is 16.7. The molecule has 0 aliphatic carbocycles. The van der Waals surface area contributed by atoms with Gasteiger partial charge in [-0.2, -0.15) is 0 Å². The summed E-state index contributed by atoms with van der Waals surface area (Å²) in [6.07, 6.45) is 2.08. The molecule has 0 spiro atoms. The Bertz CT molecular complexity index is 524. The maximum absolute atomic E-state index is 11.8. The first kappa shape index (κ1) is 16.2. The highest BCUT2D eigenvalue weighted by Crippen LogP contribution is 2.26. The highest BCUT2D eigenvalue weighted by Gasteiger charge is 2.26. The molecule has 0 unspecified atom stereocenters. The number of carbonyl (C=O) groups is 1. The van der Waals surface area contributed by atoms with Crippen molar-refractivity contribution >= 4 is 11.6 Å². The van der Waals surface area contributed by atoms with Crippen LogP contribution >= 0.6 is 0 Å². The van der Waals surface area contributed by atoms with Crippen molar-refractivity contribution in [3.63, 3.8) is 0 Å². The van der Waals surface area contributed by atoms with Crippen LogP contribution in [0.1, 0.15) is 19.8 Å². The lowest BCUT2D eigenvalue weighted by Gasteiger charge is -2.34. The van der Waals surface area contributed by atoms with Crippen LogP contribution in [0.25, 0.3) is 0 Å². The van der Waals surface area contributed by atoms with Crippen LogP contribution in [0.5, 0.6) is 5.75 Å². The number of piperidine rings is 1. The van der Waals surface area contributed by atoms with Crippen molar-refractivity contribution in [2.75, 3.05) is 26.2 Å². The average molecular weight is 307 g/mol. The van der Waals surface area contributed by atoms with Crippen molar-refractivity contribution < 1.29 is 14.5 Å². The van der Waals surface area contributed by atoms with E-state index in [1.165, 1.54) is 24.3 Å². The second-order valence-electron chi connectivity index (χ2n) is 5.88. The molecule has 0 radical (unpaired) electrons. The van der Waals surface area contributed by atoms with Gasteiger partial charge < -0.3 is 15.4 Å². The number of ether oxygens (including phenoxy) is 1. The van der Waals surface area contributed by atoms with Gasteiger partial charge in [-0.25, -0.2) is 0 Å². The van der Waals surface area contributed by atoms with E-state index in [0.717, 1.165) is 25.9 Å². The van der Waals surface area contributed by atoms with Crippen LogP contribution in [-0.4, -0.2) is 37.1 Å². The quantitative estimate of drug-likeness (QED) is 0.613.